The molecule has 1 aliphatic carbocycles. The van der Waals surface area contributed by atoms with Gasteiger partial charge in [-0.3, -0.25) is 4.79 Å². The molecule has 3 nitrogen and oxygen atoms in total. The first-order chi connectivity index (χ1) is 10.6. The van der Waals surface area contributed by atoms with Crippen molar-refractivity contribution in [2.75, 3.05) is 0 Å². The van der Waals surface area contributed by atoms with Gasteiger partial charge in [-0.05, 0) is 32.1 Å². The number of carbonyl (C=O) groups is 1. The zero-order valence-corrected chi connectivity index (χ0v) is 13.0. The van der Waals surface area contributed by atoms with Crippen LogP contribution in [0.25, 0.3) is 17.7 Å². The Labute approximate surface area is 129 Å². The molecule has 0 unspecified atom stereocenters. The molecule has 0 radical (unpaired) electrons. The van der Waals surface area contributed by atoms with Crippen LogP contribution in [0.1, 0.15) is 36.9 Å². The van der Waals surface area contributed by atoms with Crippen molar-refractivity contribution in [1.29, 1.82) is 0 Å². The number of hydrogen-bond acceptors (Lipinski definition) is 3. The molecule has 3 heteroatoms. The summed E-state index contributed by atoms with van der Waals surface area (Å²) in [6.45, 7) is 9.22. The zero-order valence-electron chi connectivity index (χ0n) is 13.0. The number of ketones is 1. The number of allylic oxidation sites excluding steroid dienone is 7. The topological polar surface area (TPSA) is 47.3 Å². The minimum atomic E-state index is -0.459. The van der Waals surface area contributed by atoms with Crippen molar-refractivity contribution in [3.05, 3.63) is 74.7 Å². The van der Waals surface area contributed by atoms with Crippen LogP contribution in [0.15, 0.2) is 51.7 Å². The number of fused-ring (bicyclic) bond motifs is 1. The number of hydrogen-bond donors (Lipinski definition) is 0. The fourth-order valence-electron chi connectivity index (χ4n) is 2.54. The average molecular weight is 294 g/mol. The third kappa shape index (κ3) is 2.35. The van der Waals surface area contributed by atoms with Gasteiger partial charge in [-0.25, -0.2) is 4.79 Å². The van der Waals surface area contributed by atoms with Gasteiger partial charge in [-0.2, -0.15) is 0 Å². The molecular weight excluding hydrogens is 276 g/mol. The summed E-state index contributed by atoms with van der Waals surface area (Å²) < 4.78 is 5.42. The Morgan fingerprint density at radius 3 is 2.27 bits per heavy atom. The quantitative estimate of drug-likeness (QED) is 0.860. The van der Waals surface area contributed by atoms with Crippen molar-refractivity contribution in [2.45, 2.75) is 20.8 Å². The molecule has 0 amide bonds. The summed E-state index contributed by atoms with van der Waals surface area (Å²) in [4.78, 5) is 25.0. The Hall–Kier alpha value is -2.68. The molecule has 22 heavy (non-hydrogen) atoms. The van der Waals surface area contributed by atoms with E-state index < -0.39 is 5.63 Å². The SMILES string of the molecule is C=CC1=C(/C=C\C)C(=O)c2c1oc(=O)c(=C/C=C\C)/c2=C\C. The van der Waals surface area contributed by atoms with Crippen molar-refractivity contribution in [3.8, 4) is 0 Å². The van der Waals surface area contributed by atoms with Crippen LogP contribution in [-0.4, -0.2) is 5.78 Å². The fraction of sp³-hybridized carbons (Fsp3) is 0.158. The molecule has 0 saturated carbocycles. The third-order valence-electron chi connectivity index (χ3n) is 3.49. The Bertz CT molecular complexity index is 903. The molecule has 0 fully saturated rings. The minimum Gasteiger partial charge on any atom is -0.421 e. The van der Waals surface area contributed by atoms with Crippen LogP contribution in [0.3, 0.4) is 0 Å². The van der Waals surface area contributed by atoms with Gasteiger partial charge in [0.25, 0.3) is 0 Å². The Morgan fingerprint density at radius 1 is 1.00 bits per heavy atom. The highest BCUT2D eigenvalue weighted by Crippen LogP contribution is 2.31. The van der Waals surface area contributed by atoms with E-state index in [0.29, 0.717) is 32.9 Å². The van der Waals surface area contributed by atoms with Gasteiger partial charge < -0.3 is 4.42 Å². The van der Waals surface area contributed by atoms with E-state index in [1.165, 1.54) is 0 Å². The molecular formula is C19H18O3. The summed E-state index contributed by atoms with van der Waals surface area (Å²) in [6.07, 6.45) is 12.0. The molecule has 2 rings (SSSR count). The predicted octanol–water partition coefficient (Wildman–Crippen LogP) is 2.51. The average Bonchev–Trinajstić information content (AvgIpc) is 2.77. The summed E-state index contributed by atoms with van der Waals surface area (Å²) in [7, 11) is 0. The van der Waals surface area contributed by atoms with Gasteiger partial charge in [-0.1, -0.05) is 43.0 Å². The van der Waals surface area contributed by atoms with Crippen molar-refractivity contribution < 1.29 is 9.21 Å². The highest BCUT2D eigenvalue weighted by Gasteiger charge is 2.30. The van der Waals surface area contributed by atoms with Gasteiger partial charge >= 0.3 is 5.63 Å². The smallest absolute Gasteiger partial charge is 0.344 e. The molecule has 0 bridgehead atoms. The van der Waals surface area contributed by atoms with Crippen LogP contribution in [0.4, 0.5) is 0 Å². The molecule has 0 saturated heterocycles. The normalized spacial score (nSPS) is 16.4. The molecule has 0 N–H and O–H groups in total. The first-order valence-electron chi connectivity index (χ1n) is 7.11. The van der Waals surface area contributed by atoms with Crippen LogP contribution in [0.2, 0.25) is 0 Å². The summed E-state index contributed by atoms with van der Waals surface area (Å²) in [6, 6.07) is 0. The van der Waals surface area contributed by atoms with E-state index in [0.717, 1.165) is 0 Å². The first-order valence-corrected chi connectivity index (χ1v) is 7.11. The highest BCUT2D eigenvalue weighted by atomic mass is 16.4. The lowest BCUT2D eigenvalue weighted by atomic mass is 10.1. The lowest BCUT2D eigenvalue weighted by Crippen LogP contribution is -2.41. The molecule has 1 aromatic heterocycles. The van der Waals surface area contributed by atoms with Gasteiger partial charge in [0.1, 0.15) is 0 Å². The lowest BCUT2D eigenvalue weighted by molar-refractivity contribution is 0.103. The van der Waals surface area contributed by atoms with Crippen molar-refractivity contribution in [1.82, 2.24) is 0 Å². The van der Waals surface area contributed by atoms with E-state index in [-0.39, 0.29) is 5.78 Å². The van der Waals surface area contributed by atoms with Crippen LogP contribution in [0, 0.1) is 0 Å². The Kier molecular flexibility index (Phi) is 4.56. The summed E-state index contributed by atoms with van der Waals surface area (Å²) in [5.74, 6) is 0.166. The molecule has 0 aromatic carbocycles. The van der Waals surface area contributed by atoms with Gasteiger partial charge in [0.15, 0.2) is 11.5 Å². The van der Waals surface area contributed by atoms with Crippen LogP contribution >= 0.6 is 0 Å². The molecule has 0 atom stereocenters. The molecule has 1 heterocycles. The largest absolute Gasteiger partial charge is 0.421 e. The van der Waals surface area contributed by atoms with E-state index >= 15 is 0 Å². The summed E-state index contributed by atoms with van der Waals surface area (Å²) in [5, 5.41) is 0.992. The van der Waals surface area contributed by atoms with Gasteiger partial charge in [0.2, 0.25) is 0 Å². The maximum Gasteiger partial charge on any atom is 0.344 e. The molecule has 1 aliphatic rings. The summed E-state index contributed by atoms with van der Waals surface area (Å²) >= 11 is 0. The van der Waals surface area contributed by atoms with Crippen molar-refractivity contribution in [3.63, 3.8) is 0 Å². The van der Waals surface area contributed by atoms with E-state index in [4.69, 9.17) is 4.42 Å². The van der Waals surface area contributed by atoms with E-state index in [1.807, 2.05) is 19.9 Å². The first kappa shape index (κ1) is 15.7. The Morgan fingerprint density at radius 2 is 1.73 bits per heavy atom. The lowest BCUT2D eigenvalue weighted by Gasteiger charge is -2.00. The monoisotopic (exact) mass is 294 g/mol. The fourth-order valence-corrected chi connectivity index (χ4v) is 2.54. The summed E-state index contributed by atoms with van der Waals surface area (Å²) in [5.41, 5.74) is 1.04. The van der Waals surface area contributed by atoms with Gasteiger partial charge in [0, 0.05) is 11.1 Å². The maximum absolute atomic E-state index is 12.7. The second kappa shape index (κ2) is 6.39. The Balaban J connectivity index is 2.98. The second-order valence-corrected chi connectivity index (χ2v) is 4.76. The van der Waals surface area contributed by atoms with Crippen molar-refractivity contribution in [2.24, 2.45) is 0 Å². The molecule has 0 spiro atoms. The van der Waals surface area contributed by atoms with Gasteiger partial charge in [-0.15, -0.1) is 0 Å². The highest BCUT2D eigenvalue weighted by molar-refractivity contribution is 6.22. The number of rotatable bonds is 3. The van der Waals surface area contributed by atoms with Crippen LogP contribution in [-0.2, 0) is 0 Å². The van der Waals surface area contributed by atoms with Crippen molar-refractivity contribution >= 4 is 23.5 Å². The zero-order chi connectivity index (χ0) is 16.3. The molecule has 0 aliphatic heterocycles. The number of Topliss-reactive ketones (excluding diaryl/α,β-unsaturated/α-hetero) is 1. The van der Waals surface area contributed by atoms with Crippen LogP contribution in [0.5, 0.6) is 0 Å². The molecule has 112 valence electrons. The number of carbonyl (C=O) groups excluding carboxylic acids is 1. The van der Waals surface area contributed by atoms with E-state index in [2.05, 4.69) is 6.58 Å². The standard InChI is InChI=1S/C19H18O3/c1-5-9-11-15-12(7-3)16-17(20)14(10-6-2)13(8-4)18(16)22-19(15)21/h5-11H,4H2,1-3H3/b9-5-,10-6-,12-7+,15-11+. The molecule has 1 aromatic rings. The second-order valence-electron chi connectivity index (χ2n) is 4.76. The van der Waals surface area contributed by atoms with E-state index in [9.17, 15) is 9.59 Å². The third-order valence-corrected chi connectivity index (χ3v) is 3.49. The maximum atomic E-state index is 12.7. The van der Waals surface area contributed by atoms with Gasteiger partial charge in [0.05, 0.1) is 10.8 Å². The minimum absolute atomic E-state index is 0.144. The van der Waals surface area contributed by atoms with Crippen LogP contribution < -0.4 is 16.1 Å². The predicted molar refractivity (Wildman–Crippen MR) is 89.9 cm³/mol. The van der Waals surface area contributed by atoms with E-state index in [1.54, 1.807) is 43.4 Å².